The molecule has 0 aliphatic heterocycles. The van der Waals surface area contributed by atoms with Crippen molar-refractivity contribution in [2.24, 2.45) is 0 Å². The zero-order valence-electron chi connectivity index (χ0n) is 10.4. The molecule has 0 saturated heterocycles. The molecule has 2 unspecified atom stereocenters. The summed E-state index contributed by atoms with van der Waals surface area (Å²) >= 11 is 1.83. The Kier molecular flexibility index (Phi) is 4.35. The summed E-state index contributed by atoms with van der Waals surface area (Å²) in [5, 5.41) is 5.78. The molecule has 0 amide bonds. The van der Waals surface area contributed by atoms with Gasteiger partial charge >= 0.3 is 0 Å². The molecule has 1 aromatic carbocycles. The second kappa shape index (κ2) is 5.99. The molecule has 0 fully saturated rings. The molecule has 0 saturated carbocycles. The predicted octanol–water partition coefficient (Wildman–Crippen LogP) is 4.03. The number of hydrogen-bond donors (Lipinski definition) is 1. The van der Waals surface area contributed by atoms with E-state index in [0.29, 0.717) is 12.1 Å². The highest BCUT2D eigenvalue weighted by Crippen LogP contribution is 2.15. The fourth-order valence-corrected chi connectivity index (χ4v) is 2.89. The highest BCUT2D eigenvalue weighted by molar-refractivity contribution is 7.09. The van der Waals surface area contributed by atoms with Crippen LogP contribution in [-0.4, -0.2) is 6.04 Å². The van der Waals surface area contributed by atoms with E-state index in [0.717, 1.165) is 6.42 Å². The van der Waals surface area contributed by atoms with E-state index in [2.05, 4.69) is 67.0 Å². The van der Waals surface area contributed by atoms with Gasteiger partial charge in [-0.1, -0.05) is 36.4 Å². The third-order valence-electron chi connectivity index (χ3n) is 2.92. The fourth-order valence-electron chi connectivity index (χ4n) is 2.05. The summed E-state index contributed by atoms with van der Waals surface area (Å²) in [6.07, 6.45) is 1.11. The molecular formula is C15H19NS. The standard InChI is InChI=1S/C15H19NS/c1-12(11-15-9-6-10-17-15)16-13(2)14-7-4-3-5-8-14/h3-10,12-13,16H,11H2,1-2H3. The largest absolute Gasteiger partial charge is 0.307 e. The van der Waals surface area contributed by atoms with Crippen LogP contribution < -0.4 is 5.32 Å². The molecule has 1 N–H and O–H groups in total. The van der Waals surface area contributed by atoms with Gasteiger partial charge in [-0.05, 0) is 37.3 Å². The molecule has 0 radical (unpaired) electrons. The van der Waals surface area contributed by atoms with Gasteiger partial charge in [0.2, 0.25) is 0 Å². The first-order valence-corrected chi connectivity index (χ1v) is 6.97. The second-order valence-electron chi connectivity index (χ2n) is 4.48. The van der Waals surface area contributed by atoms with Crippen LogP contribution in [0, 0.1) is 0 Å². The smallest absolute Gasteiger partial charge is 0.0294 e. The van der Waals surface area contributed by atoms with Gasteiger partial charge in [0.05, 0.1) is 0 Å². The van der Waals surface area contributed by atoms with E-state index in [1.165, 1.54) is 10.4 Å². The maximum absolute atomic E-state index is 3.64. The van der Waals surface area contributed by atoms with Gasteiger partial charge in [0.15, 0.2) is 0 Å². The summed E-state index contributed by atoms with van der Waals surface area (Å²) < 4.78 is 0. The zero-order valence-corrected chi connectivity index (χ0v) is 11.2. The highest BCUT2D eigenvalue weighted by atomic mass is 32.1. The van der Waals surface area contributed by atoms with Crippen molar-refractivity contribution < 1.29 is 0 Å². The van der Waals surface area contributed by atoms with Crippen molar-refractivity contribution in [1.29, 1.82) is 0 Å². The second-order valence-corrected chi connectivity index (χ2v) is 5.52. The lowest BCUT2D eigenvalue weighted by molar-refractivity contribution is 0.479. The van der Waals surface area contributed by atoms with Crippen LogP contribution in [0.3, 0.4) is 0 Å². The molecule has 0 aliphatic carbocycles. The Balaban J connectivity index is 1.88. The molecule has 2 heteroatoms. The van der Waals surface area contributed by atoms with Crippen LogP contribution in [0.15, 0.2) is 47.8 Å². The van der Waals surface area contributed by atoms with Crippen LogP contribution in [0.1, 0.15) is 30.3 Å². The van der Waals surface area contributed by atoms with Crippen molar-refractivity contribution in [3.63, 3.8) is 0 Å². The molecule has 1 aromatic heterocycles. The number of hydrogen-bond acceptors (Lipinski definition) is 2. The Bertz CT molecular complexity index is 421. The average Bonchev–Trinajstić information content (AvgIpc) is 2.82. The Labute approximate surface area is 108 Å². The van der Waals surface area contributed by atoms with E-state index in [9.17, 15) is 0 Å². The average molecular weight is 245 g/mol. The van der Waals surface area contributed by atoms with E-state index in [-0.39, 0.29) is 0 Å². The minimum absolute atomic E-state index is 0.408. The van der Waals surface area contributed by atoms with Gasteiger partial charge in [0, 0.05) is 17.0 Å². The topological polar surface area (TPSA) is 12.0 Å². The van der Waals surface area contributed by atoms with Gasteiger partial charge in [-0.3, -0.25) is 0 Å². The first-order valence-electron chi connectivity index (χ1n) is 6.09. The van der Waals surface area contributed by atoms with Crippen molar-refractivity contribution in [2.75, 3.05) is 0 Å². The maximum Gasteiger partial charge on any atom is 0.0294 e. The first-order chi connectivity index (χ1) is 8.25. The normalized spacial score (nSPS) is 14.5. The maximum atomic E-state index is 3.64. The number of rotatable bonds is 5. The quantitative estimate of drug-likeness (QED) is 0.838. The molecule has 2 atom stereocenters. The molecule has 0 bridgehead atoms. The van der Waals surface area contributed by atoms with Crippen LogP contribution in [0.2, 0.25) is 0 Å². The molecule has 1 heterocycles. The van der Waals surface area contributed by atoms with Crippen molar-refractivity contribution >= 4 is 11.3 Å². The lowest BCUT2D eigenvalue weighted by atomic mass is 10.1. The predicted molar refractivity (Wildman–Crippen MR) is 75.5 cm³/mol. The Morgan fingerprint density at radius 3 is 2.47 bits per heavy atom. The van der Waals surface area contributed by atoms with Crippen LogP contribution in [0.5, 0.6) is 0 Å². The minimum atomic E-state index is 0.408. The van der Waals surface area contributed by atoms with Crippen molar-refractivity contribution in [3.8, 4) is 0 Å². The van der Waals surface area contributed by atoms with E-state index in [4.69, 9.17) is 0 Å². The highest BCUT2D eigenvalue weighted by Gasteiger charge is 2.09. The lowest BCUT2D eigenvalue weighted by Crippen LogP contribution is -2.30. The summed E-state index contributed by atoms with van der Waals surface area (Å²) in [5.74, 6) is 0. The molecular weight excluding hydrogens is 226 g/mol. The zero-order chi connectivity index (χ0) is 12.1. The third-order valence-corrected chi connectivity index (χ3v) is 3.82. The minimum Gasteiger partial charge on any atom is -0.307 e. The van der Waals surface area contributed by atoms with Crippen molar-refractivity contribution in [2.45, 2.75) is 32.4 Å². The molecule has 90 valence electrons. The van der Waals surface area contributed by atoms with Crippen LogP contribution in [-0.2, 0) is 6.42 Å². The van der Waals surface area contributed by atoms with E-state index in [1.807, 2.05) is 11.3 Å². The van der Waals surface area contributed by atoms with Crippen LogP contribution in [0.4, 0.5) is 0 Å². The van der Waals surface area contributed by atoms with Crippen LogP contribution in [0.25, 0.3) is 0 Å². The number of nitrogens with one attached hydrogen (secondary N) is 1. The van der Waals surface area contributed by atoms with E-state index < -0.39 is 0 Å². The van der Waals surface area contributed by atoms with Gasteiger partial charge in [-0.2, -0.15) is 0 Å². The Morgan fingerprint density at radius 1 is 1.06 bits per heavy atom. The fraction of sp³-hybridized carbons (Fsp3) is 0.333. The number of thiophene rings is 1. The van der Waals surface area contributed by atoms with Crippen molar-refractivity contribution in [3.05, 3.63) is 58.3 Å². The molecule has 1 nitrogen and oxygen atoms in total. The molecule has 2 rings (SSSR count). The van der Waals surface area contributed by atoms with Gasteiger partial charge in [0.25, 0.3) is 0 Å². The van der Waals surface area contributed by atoms with E-state index >= 15 is 0 Å². The molecule has 2 aromatic rings. The Hall–Kier alpha value is -1.12. The summed E-state index contributed by atoms with van der Waals surface area (Å²) in [6, 6.07) is 15.8. The van der Waals surface area contributed by atoms with Gasteiger partial charge in [0.1, 0.15) is 0 Å². The summed E-state index contributed by atoms with van der Waals surface area (Å²) in [6.45, 7) is 4.47. The third kappa shape index (κ3) is 3.69. The SMILES string of the molecule is CC(Cc1cccs1)NC(C)c1ccccc1. The molecule has 0 aliphatic rings. The molecule has 17 heavy (non-hydrogen) atoms. The first kappa shape index (κ1) is 12.3. The van der Waals surface area contributed by atoms with Crippen LogP contribution >= 0.6 is 11.3 Å². The summed E-state index contributed by atoms with van der Waals surface area (Å²) in [5.41, 5.74) is 1.35. The summed E-state index contributed by atoms with van der Waals surface area (Å²) in [4.78, 5) is 1.45. The number of benzene rings is 1. The van der Waals surface area contributed by atoms with Crippen molar-refractivity contribution in [1.82, 2.24) is 5.32 Å². The summed E-state index contributed by atoms with van der Waals surface area (Å²) in [7, 11) is 0. The van der Waals surface area contributed by atoms with Gasteiger partial charge < -0.3 is 5.32 Å². The van der Waals surface area contributed by atoms with E-state index in [1.54, 1.807) is 0 Å². The lowest BCUT2D eigenvalue weighted by Gasteiger charge is -2.20. The van der Waals surface area contributed by atoms with Gasteiger partial charge in [-0.15, -0.1) is 11.3 Å². The Morgan fingerprint density at radius 2 is 1.82 bits per heavy atom. The monoisotopic (exact) mass is 245 g/mol. The molecule has 0 spiro atoms. The van der Waals surface area contributed by atoms with Gasteiger partial charge in [-0.25, -0.2) is 0 Å².